The second-order valence-electron chi connectivity index (χ2n) is 7.00. The molecule has 2 rings (SSSR count). The molecule has 1 N–H and O–H groups in total. The van der Waals surface area contributed by atoms with Crippen LogP contribution in [0.3, 0.4) is 0 Å². The molecule has 0 bridgehead atoms. The average molecular weight is 266 g/mol. The third-order valence-corrected chi connectivity index (χ3v) is 5.50. The highest BCUT2D eigenvalue weighted by Crippen LogP contribution is 2.30. The fourth-order valence-electron chi connectivity index (χ4n) is 4.31. The van der Waals surface area contributed by atoms with E-state index in [-0.39, 0.29) is 0 Å². The molecule has 0 aromatic heterocycles. The van der Waals surface area contributed by atoms with Gasteiger partial charge in [-0.2, -0.15) is 0 Å². The first kappa shape index (κ1) is 15.3. The Kier molecular flexibility index (Phi) is 6.15. The topological polar surface area (TPSA) is 15.3 Å². The van der Waals surface area contributed by atoms with Crippen molar-refractivity contribution in [3.63, 3.8) is 0 Å². The van der Waals surface area contributed by atoms with Crippen LogP contribution in [0.15, 0.2) is 0 Å². The minimum absolute atomic E-state index is 0.735. The van der Waals surface area contributed by atoms with E-state index < -0.39 is 0 Å². The first-order valence-electron chi connectivity index (χ1n) is 8.65. The van der Waals surface area contributed by atoms with Crippen LogP contribution in [-0.2, 0) is 0 Å². The zero-order valence-electron chi connectivity index (χ0n) is 13.3. The minimum atomic E-state index is 0.735. The van der Waals surface area contributed by atoms with Crippen molar-refractivity contribution in [1.82, 2.24) is 10.2 Å². The van der Waals surface area contributed by atoms with Crippen LogP contribution in [0.2, 0.25) is 0 Å². The van der Waals surface area contributed by atoms with Gasteiger partial charge in [0.2, 0.25) is 0 Å². The molecule has 2 heteroatoms. The van der Waals surface area contributed by atoms with E-state index in [9.17, 15) is 0 Å². The molecule has 0 radical (unpaired) electrons. The molecule has 2 aliphatic rings. The maximum Gasteiger partial charge on any atom is 0.0251 e. The van der Waals surface area contributed by atoms with Crippen LogP contribution < -0.4 is 5.32 Å². The average Bonchev–Trinajstić information content (AvgIpc) is 2.65. The maximum atomic E-state index is 3.59. The second kappa shape index (κ2) is 7.64. The summed E-state index contributed by atoms with van der Waals surface area (Å²) in [4.78, 5) is 2.83. The van der Waals surface area contributed by atoms with Gasteiger partial charge in [-0.05, 0) is 70.5 Å². The molecule has 4 unspecified atom stereocenters. The highest BCUT2D eigenvalue weighted by molar-refractivity contribution is 4.90. The molecule has 2 fully saturated rings. The van der Waals surface area contributed by atoms with E-state index in [2.05, 4.69) is 31.1 Å². The number of likely N-dealkylation sites (tertiary alicyclic amines) is 1. The number of hydrogen-bond acceptors (Lipinski definition) is 2. The molecule has 112 valence electrons. The lowest BCUT2D eigenvalue weighted by Crippen LogP contribution is -2.52. The molecule has 19 heavy (non-hydrogen) atoms. The molecule has 1 heterocycles. The van der Waals surface area contributed by atoms with Crippen molar-refractivity contribution in [2.24, 2.45) is 11.8 Å². The number of nitrogens with one attached hydrogen (secondary N) is 1. The van der Waals surface area contributed by atoms with Crippen molar-refractivity contribution in [3.8, 4) is 0 Å². The standard InChI is InChI=1S/C17H34N2/c1-4-6-15-7-5-11-19(12-10-15)17-13-14(2)8-9-16(17)18-3/h14-18H,4-13H2,1-3H3. The number of nitrogens with zero attached hydrogens (tertiary/aromatic N) is 1. The van der Waals surface area contributed by atoms with Gasteiger partial charge in [0, 0.05) is 12.1 Å². The molecule has 0 spiro atoms. The fourth-order valence-corrected chi connectivity index (χ4v) is 4.31. The van der Waals surface area contributed by atoms with E-state index in [0.717, 1.165) is 23.9 Å². The number of likely N-dealkylation sites (N-methyl/N-ethyl adjacent to an activating group) is 1. The van der Waals surface area contributed by atoms with E-state index in [0.29, 0.717) is 0 Å². The van der Waals surface area contributed by atoms with Crippen molar-refractivity contribution in [2.75, 3.05) is 20.1 Å². The highest BCUT2D eigenvalue weighted by Gasteiger charge is 2.32. The van der Waals surface area contributed by atoms with Gasteiger partial charge in [-0.1, -0.05) is 26.7 Å². The first-order chi connectivity index (χ1) is 9.24. The van der Waals surface area contributed by atoms with E-state index >= 15 is 0 Å². The summed E-state index contributed by atoms with van der Waals surface area (Å²) in [5.74, 6) is 1.92. The highest BCUT2D eigenvalue weighted by atomic mass is 15.2. The summed E-state index contributed by atoms with van der Waals surface area (Å²) in [5, 5.41) is 3.59. The number of hydrogen-bond donors (Lipinski definition) is 1. The first-order valence-corrected chi connectivity index (χ1v) is 8.65. The predicted molar refractivity (Wildman–Crippen MR) is 83.5 cm³/mol. The van der Waals surface area contributed by atoms with Gasteiger partial charge in [-0.3, -0.25) is 4.90 Å². The van der Waals surface area contributed by atoms with E-state index in [1.54, 1.807) is 0 Å². The largest absolute Gasteiger partial charge is 0.315 e. The van der Waals surface area contributed by atoms with Gasteiger partial charge in [0.25, 0.3) is 0 Å². The Hall–Kier alpha value is -0.0800. The molecule has 1 aliphatic heterocycles. The van der Waals surface area contributed by atoms with Crippen LogP contribution in [-0.4, -0.2) is 37.1 Å². The molecule has 0 amide bonds. The summed E-state index contributed by atoms with van der Waals surface area (Å²) in [6.07, 6.45) is 11.3. The van der Waals surface area contributed by atoms with E-state index in [4.69, 9.17) is 0 Å². The van der Waals surface area contributed by atoms with Gasteiger partial charge in [0.05, 0.1) is 0 Å². The van der Waals surface area contributed by atoms with Crippen molar-refractivity contribution in [3.05, 3.63) is 0 Å². The van der Waals surface area contributed by atoms with Gasteiger partial charge in [-0.15, -0.1) is 0 Å². The molecule has 2 nitrogen and oxygen atoms in total. The van der Waals surface area contributed by atoms with Crippen LogP contribution >= 0.6 is 0 Å². The summed E-state index contributed by atoms with van der Waals surface area (Å²) < 4.78 is 0. The SMILES string of the molecule is CCCC1CCCN(C2CC(C)CCC2NC)CC1. The van der Waals surface area contributed by atoms with Crippen molar-refractivity contribution >= 4 is 0 Å². The molecule has 0 aromatic carbocycles. The molecular weight excluding hydrogens is 232 g/mol. The quantitative estimate of drug-likeness (QED) is 0.835. The van der Waals surface area contributed by atoms with Gasteiger partial charge in [-0.25, -0.2) is 0 Å². The normalized spacial score (nSPS) is 38.1. The Labute approximate surface area is 120 Å². The smallest absolute Gasteiger partial charge is 0.0251 e. The lowest BCUT2D eigenvalue weighted by molar-refractivity contribution is 0.106. The zero-order chi connectivity index (χ0) is 13.7. The lowest BCUT2D eigenvalue weighted by atomic mass is 9.82. The van der Waals surface area contributed by atoms with Gasteiger partial charge in [0.15, 0.2) is 0 Å². The maximum absolute atomic E-state index is 3.59. The Bertz CT molecular complexity index is 254. The van der Waals surface area contributed by atoms with Crippen LogP contribution in [0.25, 0.3) is 0 Å². The summed E-state index contributed by atoms with van der Waals surface area (Å²) in [7, 11) is 2.16. The summed E-state index contributed by atoms with van der Waals surface area (Å²) in [6, 6.07) is 1.54. The van der Waals surface area contributed by atoms with Crippen LogP contribution in [0, 0.1) is 11.8 Å². The molecule has 1 saturated carbocycles. The van der Waals surface area contributed by atoms with Gasteiger partial charge >= 0.3 is 0 Å². The predicted octanol–water partition coefficient (Wildman–Crippen LogP) is 3.67. The van der Waals surface area contributed by atoms with E-state index in [1.165, 1.54) is 64.5 Å². The summed E-state index contributed by atoms with van der Waals surface area (Å²) >= 11 is 0. The van der Waals surface area contributed by atoms with Crippen LogP contribution in [0.5, 0.6) is 0 Å². The van der Waals surface area contributed by atoms with Crippen LogP contribution in [0.4, 0.5) is 0 Å². The molecule has 1 saturated heterocycles. The Morgan fingerprint density at radius 1 is 1.11 bits per heavy atom. The van der Waals surface area contributed by atoms with Gasteiger partial charge in [0.1, 0.15) is 0 Å². The van der Waals surface area contributed by atoms with Crippen molar-refractivity contribution < 1.29 is 0 Å². The molecule has 4 atom stereocenters. The van der Waals surface area contributed by atoms with Gasteiger partial charge < -0.3 is 5.32 Å². The van der Waals surface area contributed by atoms with Crippen molar-refractivity contribution in [2.45, 2.75) is 77.3 Å². The van der Waals surface area contributed by atoms with Crippen LogP contribution in [0.1, 0.15) is 65.2 Å². The third-order valence-electron chi connectivity index (χ3n) is 5.50. The molecular formula is C17H34N2. The monoisotopic (exact) mass is 266 g/mol. The fraction of sp³-hybridized carbons (Fsp3) is 1.00. The third kappa shape index (κ3) is 4.19. The molecule has 0 aromatic rings. The summed E-state index contributed by atoms with van der Waals surface area (Å²) in [6.45, 7) is 7.47. The Morgan fingerprint density at radius 3 is 2.68 bits per heavy atom. The minimum Gasteiger partial charge on any atom is -0.315 e. The Balaban J connectivity index is 1.91. The second-order valence-corrected chi connectivity index (χ2v) is 7.00. The lowest BCUT2D eigenvalue weighted by Gasteiger charge is -2.41. The molecule has 1 aliphatic carbocycles. The van der Waals surface area contributed by atoms with Crippen molar-refractivity contribution in [1.29, 1.82) is 0 Å². The zero-order valence-corrected chi connectivity index (χ0v) is 13.3. The van der Waals surface area contributed by atoms with E-state index in [1.807, 2.05) is 0 Å². The number of rotatable bonds is 4. The Morgan fingerprint density at radius 2 is 1.95 bits per heavy atom. The summed E-state index contributed by atoms with van der Waals surface area (Å²) in [5.41, 5.74) is 0.